The first kappa shape index (κ1) is 16.5. The van der Waals surface area contributed by atoms with Gasteiger partial charge in [0.2, 0.25) is 0 Å². The summed E-state index contributed by atoms with van der Waals surface area (Å²) in [5.74, 6) is 0.417. The van der Waals surface area contributed by atoms with Crippen LogP contribution in [0.5, 0.6) is 10.9 Å². The number of ether oxygens (including phenoxy) is 1. The van der Waals surface area contributed by atoms with Gasteiger partial charge >= 0.3 is 0 Å². The molecule has 0 amide bonds. The molecule has 0 radical (unpaired) electrons. The van der Waals surface area contributed by atoms with Crippen LogP contribution >= 0.6 is 11.3 Å². The number of rotatable bonds is 7. The maximum atomic E-state index is 13.2. The molecule has 0 saturated carbocycles. The number of nitrogens with zero attached hydrogens (tertiary/aromatic N) is 1. The van der Waals surface area contributed by atoms with Crippen LogP contribution in [0.1, 0.15) is 18.4 Å². The summed E-state index contributed by atoms with van der Waals surface area (Å²) in [6.45, 7) is 0.0323. The minimum Gasteiger partial charge on any atom is -0.431 e. The van der Waals surface area contributed by atoms with Crippen molar-refractivity contribution in [2.75, 3.05) is 6.61 Å². The molecule has 0 aliphatic carbocycles. The van der Waals surface area contributed by atoms with Crippen LogP contribution < -0.4 is 4.74 Å². The van der Waals surface area contributed by atoms with Crippen LogP contribution in [0.3, 0.4) is 0 Å². The summed E-state index contributed by atoms with van der Waals surface area (Å²) in [4.78, 5) is 16.0. The Labute approximate surface area is 142 Å². The number of benzene rings is 2. The number of carbonyl (C=O) groups excluding carboxylic acids is 1. The number of ketones is 1. The van der Waals surface area contributed by atoms with Crippen molar-refractivity contribution in [2.24, 2.45) is 0 Å². The normalized spacial score (nSPS) is 10.9. The molecule has 2 aromatic carbocycles. The van der Waals surface area contributed by atoms with E-state index in [1.54, 1.807) is 18.2 Å². The first-order chi connectivity index (χ1) is 11.6. The molecule has 0 unspecified atom stereocenters. The van der Waals surface area contributed by atoms with Crippen LogP contribution in [0, 0.1) is 5.82 Å². The van der Waals surface area contributed by atoms with E-state index in [4.69, 9.17) is 9.84 Å². The van der Waals surface area contributed by atoms with Gasteiger partial charge in [-0.25, -0.2) is 9.37 Å². The number of aliphatic hydroxyl groups is 1. The molecule has 1 N–H and O–H groups in total. The van der Waals surface area contributed by atoms with Gasteiger partial charge in [0.15, 0.2) is 0 Å². The van der Waals surface area contributed by atoms with Gasteiger partial charge in [0, 0.05) is 19.4 Å². The van der Waals surface area contributed by atoms with Crippen molar-refractivity contribution in [3.05, 3.63) is 53.8 Å². The van der Waals surface area contributed by atoms with E-state index in [1.807, 2.05) is 12.1 Å². The third-order valence-corrected chi connectivity index (χ3v) is 4.37. The maximum absolute atomic E-state index is 13.2. The molecule has 0 fully saturated rings. The second-order valence-electron chi connectivity index (χ2n) is 5.38. The summed E-state index contributed by atoms with van der Waals surface area (Å²) in [5, 5.41) is 9.18. The number of Topliss-reactive ketones (excluding diaryl/α,β-unsaturated/α-hetero) is 1. The topological polar surface area (TPSA) is 59.4 Å². The number of hydrogen-bond donors (Lipinski definition) is 1. The molecule has 4 nitrogen and oxygen atoms in total. The van der Waals surface area contributed by atoms with E-state index >= 15 is 0 Å². The highest BCUT2D eigenvalue weighted by molar-refractivity contribution is 7.20. The van der Waals surface area contributed by atoms with Crippen LogP contribution in [0.2, 0.25) is 0 Å². The number of hydrogen-bond acceptors (Lipinski definition) is 5. The Hall–Kier alpha value is -2.31. The van der Waals surface area contributed by atoms with Crippen molar-refractivity contribution in [3.8, 4) is 10.9 Å². The molecule has 0 aliphatic rings. The lowest BCUT2D eigenvalue weighted by Crippen LogP contribution is -2.03. The molecule has 24 heavy (non-hydrogen) atoms. The van der Waals surface area contributed by atoms with E-state index < -0.39 is 0 Å². The van der Waals surface area contributed by atoms with Crippen LogP contribution in [0.4, 0.5) is 4.39 Å². The fourth-order valence-corrected chi connectivity index (χ4v) is 3.15. The van der Waals surface area contributed by atoms with Crippen molar-refractivity contribution in [1.29, 1.82) is 0 Å². The van der Waals surface area contributed by atoms with Gasteiger partial charge in [-0.2, -0.15) is 0 Å². The largest absolute Gasteiger partial charge is 0.431 e. The summed E-state index contributed by atoms with van der Waals surface area (Å²) in [7, 11) is 0. The fourth-order valence-electron chi connectivity index (χ4n) is 2.29. The van der Waals surface area contributed by atoms with E-state index in [0.29, 0.717) is 35.7 Å². The van der Waals surface area contributed by atoms with E-state index in [9.17, 15) is 9.18 Å². The van der Waals surface area contributed by atoms with Gasteiger partial charge in [0.05, 0.1) is 10.2 Å². The second kappa shape index (κ2) is 7.51. The fraction of sp³-hybridized carbons (Fsp3) is 0.222. The lowest BCUT2D eigenvalue weighted by molar-refractivity contribution is -0.118. The molecule has 1 aromatic heterocycles. The Morgan fingerprint density at radius 1 is 1.21 bits per heavy atom. The SMILES string of the molecule is O=C(CCCO)Cc1ccc(Oc2nc3ccc(F)cc3s2)cc1. The smallest absolute Gasteiger partial charge is 0.279 e. The van der Waals surface area contributed by atoms with Crippen LogP contribution in [0.15, 0.2) is 42.5 Å². The number of aliphatic hydroxyl groups excluding tert-OH is 1. The molecule has 124 valence electrons. The van der Waals surface area contributed by atoms with Crippen molar-refractivity contribution in [2.45, 2.75) is 19.3 Å². The van der Waals surface area contributed by atoms with Crippen LogP contribution in [-0.2, 0) is 11.2 Å². The lowest BCUT2D eigenvalue weighted by atomic mass is 10.1. The summed E-state index contributed by atoms with van der Waals surface area (Å²) in [6, 6.07) is 11.6. The highest BCUT2D eigenvalue weighted by Gasteiger charge is 2.08. The van der Waals surface area contributed by atoms with Gasteiger partial charge < -0.3 is 9.84 Å². The molecular formula is C18H16FNO3S. The van der Waals surface area contributed by atoms with E-state index in [-0.39, 0.29) is 18.2 Å². The Kier molecular flexibility index (Phi) is 5.17. The highest BCUT2D eigenvalue weighted by atomic mass is 32.1. The third-order valence-electron chi connectivity index (χ3n) is 3.47. The summed E-state index contributed by atoms with van der Waals surface area (Å²) < 4.78 is 19.6. The number of halogens is 1. The first-order valence-electron chi connectivity index (χ1n) is 7.59. The van der Waals surface area contributed by atoms with Gasteiger partial charge in [0.1, 0.15) is 17.3 Å². The molecule has 0 aliphatic heterocycles. The second-order valence-corrected chi connectivity index (χ2v) is 6.37. The molecule has 3 rings (SSSR count). The molecule has 0 bridgehead atoms. The standard InChI is InChI=1S/C18H16FNO3S/c19-13-5-8-16-17(11-13)24-18(20-16)23-15-6-3-12(4-7-15)10-14(22)2-1-9-21/h3-8,11,21H,1-2,9-10H2. The Morgan fingerprint density at radius 3 is 2.75 bits per heavy atom. The van der Waals surface area contributed by atoms with Gasteiger partial charge in [-0.3, -0.25) is 4.79 Å². The summed E-state index contributed by atoms with van der Waals surface area (Å²) in [5.41, 5.74) is 1.60. The summed E-state index contributed by atoms with van der Waals surface area (Å²) >= 11 is 1.28. The zero-order valence-electron chi connectivity index (χ0n) is 12.9. The Balaban J connectivity index is 1.65. The van der Waals surface area contributed by atoms with Gasteiger partial charge in [-0.1, -0.05) is 23.5 Å². The molecule has 0 atom stereocenters. The molecular weight excluding hydrogens is 329 g/mol. The number of fused-ring (bicyclic) bond motifs is 1. The zero-order chi connectivity index (χ0) is 16.9. The molecule has 0 spiro atoms. The van der Waals surface area contributed by atoms with E-state index in [0.717, 1.165) is 10.3 Å². The minimum absolute atomic E-state index is 0.0323. The third kappa shape index (κ3) is 4.15. The monoisotopic (exact) mass is 345 g/mol. The minimum atomic E-state index is -0.298. The molecule has 0 saturated heterocycles. The number of thiazole rings is 1. The first-order valence-corrected chi connectivity index (χ1v) is 8.41. The predicted molar refractivity (Wildman–Crippen MR) is 91.1 cm³/mol. The molecule has 3 aromatic rings. The molecule has 1 heterocycles. The Bertz CT molecular complexity index is 845. The van der Waals surface area contributed by atoms with Crippen molar-refractivity contribution in [1.82, 2.24) is 4.98 Å². The van der Waals surface area contributed by atoms with Crippen LogP contribution in [0.25, 0.3) is 10.2 Å². The Morgan fingerprint density at radius 2 is 2.00 bits per heavy atom. The predicted octanol–water partition coefficient (Wildman–Crippen LogP) is 4.11. The number of carbonyl (C=O) groups is 1. The maximum Gasteiger partial charge on any atom is 0.279 e. The average Bonchev–Trinajstić information content (AvgIpc) is 2.96. The number of aromatic nitrogens is 1. The van der Waals surface area contributed by atoms with Crippen molar-refractivity contribution in [3.63, 3.8) is 0 Å². The van der Waals surface area contributed by atoms with Gasteiger partial charge in [-0.15, -0.1) is 0 Å². The van der Waals surface area contributed by atoms with Crippen molar-refractivity contribution < 1.29 is 19.0 Å². The van der Waals surface area contributed by atoms with E-state index in [2.05, 4.69) is 4.98 Å². The summed E-state index contributed by atoms with van der Waals surface area (Å²) in [6.07, 6.45) is 1.23. The zero-order valence-corrected chi connectivity index (χ0v) is 13.7. The van der Waals surface area contributed by atoms with E-state index in [1.165, 1.54) is 23.5 Å². The average molecular weight is 345 g/mol. The van der Waals surface area contributed by atoms with Gasteiger partial charge in [-0.05, 0) is 42.3 Å². The van der Waals surface area contributed by atoms with Crippen molar-refractivity contribution >= 4 is 27.3 Å². The van der Waals surface area contributed by atoms with Gasteiger partial charge in [0.25, 0.3) is 5.19 Å². The quantitative estimate of drug-likeness (QED) is 0.700. The lowest BCUT2D eigenvalue weighted by Gasteiger charge is -2.04. The highest BCUT2D eigenvalue weighted by Crippen LogP contribution is 2.31. The van der Waals surface area contributed by atoms with Crippen LogP contribution in [-0.4, -0.2) is 22.5 Å². The molecule has 6 heteroatoms.